The zero-order valence-electron chi connectivity index (χ0n) is 33.7. The van der Waals surface area contributed by atoms with Gasteiger partial charge in [0.05, 0.1) is 17.4 Å². The highest BCUT2D eigenvalue weighted by Crippen LogP contribution is 2.52. The van der Waals surface area contributed by atoms with Gasteiger partial charge in [-0.05, 0) is 19.1 Å². The van der Waals surface area contributed by atoms with Crippen molar-refractivity contribution in [2.24, 2.45) is 23.2 Å². The van der Waals surface area contributed by atoms with Crippen LogP contribution in [0.25, 0.3) is 0 Å². The minimum absolute atomic E-state index is 0.140. The van der Waals surface area contributed by atoms with Gasteiger partial charge in [0.15, 0.2) is 41.4 Å². The molecule has 0 N–H and O–H groups in total. The Kier molecular flexibility index (Phi) is 14.5. The fourth-order valence-electron chi connectivity index (χ4n) is 7.14. The van der Waals surface area contributed by atoms with Gasteiger partial charge >= 0.3 is 41.8 Å². The van der Waals surface area contributed by atoms with Crippen LogP contribution >= 0.6 is 0 Å². The first-order valence-corrected chi connectivity index (χ1v) is 18.2. The summed E-state index contributed by atoms with van der Waals surface area (Å²) in [6.07, 6.45) is -2.62. The minimum Gasteiger partial charge on any atom is -0.461 e. The molecule has 15 heteroatoms. The van der Waals surface area contributed by atoms with Crippen molar-refractivity contribution in [2.75, 3.05) is 6.61 Å². The number of hydrogen-bond acceptors (Lipinski definition) is 15. The molecule has 306 valence electrons. The van der Waals surface area contributed by atoms with E-state index in [9.17, 15) is 38.4 Å². The van der Waals surface area contributed by atoms with E-state index < -0.39 is 119 Å². The lowest BCUT2D eigenvalue weighted by molar-refractivity contribution is -0.181. The van der Waals surface area contributed by atoms with E-state index in [1.54, 1.807) is 38.1 Å². The number of ether oxygens (including phenoxy) is 7. The average Bonchev–Trinajstić information content (AvgIpc) is 3.29. The summed E-state index contributed by atoms with van der Waals surface area (Å²) in [5, 5.41) is 0. The first kappa shape index (κ1) is 45.1. The van der Waals surface area contributed by atoms with Crippen molar-refractivity contribution in [1.29, 1.82) is 0 Å². The predicted octanol–water partition coefficient (Wildman–Crippen LogP) is 4.58. The smallest absolute Gasteiger partial charge is 0.338 e. The van der Waals surface area contributed by atoms with Crippen molar-refractivity contribution in [1.82, 2.24) is 0 Å². The minimum atomic E-state index is -2.23. The van der Waals surface area contributed by atoms with Crippen LogP contribution in [0.2, 0.25) is 0 Å². The number of fused-ring (bicyclic) bond motifs is 1. The van der Waals surface area contributed by atoms with E-state index in [2.05, 4.69) is 0 Å². The van der Waals surface area contributed by atoms with E-state index in [4.69, 9.17) is 33.2 Å². The average molecular weight is 785 g/mol. The van der Waals surface area contributed by atoms with Gasteiger partial charge in [-0.15, -0.1) is 0 Å². The Morgan fingerprint density at radius 2 is 1.34 bits per heavy atom. The number of carbonyl (C=O) groups excluding carboxylic acids is 8. The van der Waals surface area contributed by atoms with Crippen LogP contribution in [0.3, 0.4) is 0 Å². The van der Waals surface area contributed by atoms with Crippen molar-refractivity contribution < 1.29 is 71.5 Å². The second kappa shape index (κ2) is 18.1. The van der Waals surface area contributed by atoms with Gasteiger partial charge in [0.2, 0.25) is 0 Å². The molecule has 1 fully saturated rings. The molecular weight excluding hydrogens is 732 g/mol. The second-order valence-corrected chi connectivity index (χ2v) is 15.3. The number of benzene rings is 1. The Bertz CT molecular complexity index is 1760. The van der Waals surface area contributed by atoms with E-state index in [-0.39, 0.29) is 11.1 Å². The molecule has 56 heavy (non-hydrogen) atoms. The summed E-state index contributed by atoms with van der Waals surface area (Å²) in [7, 11) is 0. The lowest BCUT2D eigenvalue weighted by Crippen LogP contribution is -2.54. The number of esters is 7. The summed E-state index contributed by atoms with van der Waals surface area (Å²) in [5.41, 5.74) is -5.38. The largest absolute Gasteiger partial charge is 0.461 e. The maximum Gasteiger partial charge on any atom is 0.338 e. The third-order valence-corrected chi connectivity index (χ3v) is 9.51. The molecule has 1 aromatic carbocycles. The monoisotopic (exact) mass is 784 g/mol. The van der Waals surface area contributed by atoms with Gasteiger partial charge in [0.1, 0.15) is 6.61 Å². The molecule has 0 bridgehead atoms. The van der Waals surface area contributed by atoms with Gasteiger partial charge < -0.3 is 33.2 Å². The van der Waals surface area contributed by atoms with Gasteiger partial charge in [-0.2, -0.15) is 0 Å². The molecular formula is C41H52O15. The zero-order valence-corrected chi connectivity index (χ0v) is 33.7. The number of Topliss-reactive ketones (excluding diaryl/α,β-unsaturated/α-hetero) is 1. The third-order valence-electron chi connectivity index (χ3n) is 9.51. The molecule has 1 saturated carbocycles. The lowest BCUT2D eigenvalue weighted by Gasteiger charge is -2.41. The summed E-state index contributed by atoms with van der Waals surface area (Å²) in [4.78, 5) is 106. The first-order chi connectivity index (χ1) is 25.9. The molecule has 0 heterocycles. The van der Waals surface area contributed by atoms with E-state index in [0.29, 0.717) is 0 Å². The summed E-state index contributed by atoms with van der Waals surface area (Å²) >= 11 is 0. The molecule has 2 aliphatic rings. The highest BCUT2D eigenvalue weighted by molar-refractivity contribution is 5.94. The zero-order chi connectivity index (χ0) is 42.3. The van der Waals surface area contributed by atoms with Crippen LogP contribution in [0.5, 0.6) is 0 Å². The topological polar surface area (TPSA) is 201 Å². The van der Waals surface area contributed by atoms with Crippen molar-refractivity contribution in [3.63, 3.8) is 0 Å². The van der Waals surface area contributed by atoms with Crippen molar-refractivity contribution in [3.05, 3.63) is 59.7 Å². The summed E-state index contributed by atoms with van der Waals surface area (Å²) in [6, 6.07) is 7.95. The van der Waals surface area contributed by atoms with E-state index in [1.165, 1.54) is 52.0 Å². The maximum atomic E-state index is 14.9. The molecule has 3 rings (SSSR count). The van der Waals surface area contributed by atoms with Crippen molar-refractivity contribution >= 4 is 47.6 Å². The Balaban J connectivity index is 2.60. The third kappa shape index (κ3) is 10.7. The summed E-state index contributed by atoms with van der Waals surface area (Å²) in [6.45, 7) is 14.1. The fourth-order valence-corrected chi connectivity index (χ4v) is 7.14. The molecule has 0 spiro atoms. The van der Waals surface area contributed by atoms with E-state index >= 15 is 0 Å². The number of allylic oxidation sites excluding steroid dienone is 1. The molecule has 0 unspecified atom stereocenters. The highest BCUT2D eigenvalue weighted by Gasteiger charge is 2.68. The standard InChI is InChI=1S/C41H52O15/c1-22(2)37(48)53-32-30(20-50-24(4)42)19-31-35(52-26(6)44)40(11,55-27(7)45)21-41(31,56-28(8)46)34(47)23(3)17-18-39(9,10)36(33(32)51-25(5)43)54-38(49)29-15-13-12-14-16-29/h12-19,22-23,31-33,35-36H,20-21H2,1-11H3/b18-17+,30-19-/t23-,31+,32+,33-,35-,36-,40-,41-/m1/s1. The molecule has 8 atom stereocenters. The Labute approximate surface area is 326 Å². The molecule has 0 radical (unpaired) electrons. The van der Waals surface area contributed by atoms with E-state index in [0.717, 1.165) is 34.6 Å². The fraction of sp³-hybridized carbons (Fsp3) is 0.561. The number of rotatable bonds is 10. The molecule has 0 aliphatic heterocycles. The second-order valence-electron chi connectivity index (χ2n) is 15.3. The maximum absolute atomic E-state index is 14.9. The quantitative estimate of drug-likeness (QED) is 0.181. The Hall–Kier alpha value is -5.34. The Morgan fingerprint density at radius 1 is 0.750 bits per heavy atom. The number of carbonyl (C=O) groups is 8. The normalized spacial score (nSPS) is 30.1. The first-order valence-electron chi connectivity index (χ1n) is 18.2. The Morgan fingerprint density at radius 3 is 1.86 bits per heavy atom. The van der Waals surface area contributed by atoms with E-state index in [1.807, 2.05) is 0 Å². The predicted molar refractivity (Wildman–Crippen MR) is 196 cm³/mol. The van der Waals surface area contributed by atoms with Crippen LogP contribution in [-0.2, 0) is 66.7 Å². The lowest BCUT2D eigenvalue weighted by atomic mass is 9.75. The van der Waals surface area contributed by atoms with Gasteiger partial charge in [0.25, 0.3) is 0 Å². The number of ketones is 1. The van der Waals surface area contributed by atoms with Gasteiger partial charge in [-0.3, -0.25) is 33.6 Å². The molecule has 15 nitrogen and oxygen atoms in total. The van der Waals surface area contributed by atoms with Gasteiger partial charge in [-0.25, -0.2) is 4.79 Å². The molecule has 0 amide bonds. The molecule has 0 saturated heterocycles. The summed E-state index contributed by atoms with van der Waals surface area (Å²) < 4.78 is 41.1. The molecule has 2 aliphatic carbocycles. The van der Waals surface area contributed by atoms with Gasteiger partial charge in [0, 0.05) is 57.9 Å². The van der Waals surface area contributed by atoms with Crippen molar-refractivity contribution in [2.45, 2.75) is 118 Å². The number of hydrogen-bond donors (Lipinski definition) is 0. The SMILES string of the molecule is CC(=O)OC/C1=C/[C@H]2[C@@H](OC(C)=O)[C@](C)(OC(C)=O)C[C@]2(OC(C)=O)C(=O)[C@H](C)/C=C/C(C)(C)[C@H](OC(=O)c2ccccc2)[C@H](OC(C)=O)[C@H]1OC(=O)C(C)C. The van der Waals surface area contributed by atoms with Crippen LogP contribution in [-0.4, -0.2) is 89.8 Å². The van der Waals surface area contributed by atoms with Crippen LogP contribution in [0.1, 0.15) is 92.9 Å². The van der Waals surface area contributed by atoms with Crippen molar-refractivity contribution in [3.8, 4) is 0 Å². The van der Waals surface area contributed by atoms with Crippen LogP contribution in [0.15, 0.2) is 54.1 Å². The summed E-state index contributed by atoms with van der Waals surface area (Å²) in [5.74, 6) is -9.99. The highest BCUT2D eigenvalue weighted by atomic mass is 16.6. The van der Waals surface area contributed by atoms with Gasteiger partial charge in [-0.1, -0.05) is 71.0 Å². The van der Waals surface area contributed by atoms with Crippen LogP contribution in [0.4, 0.5) is 0 Å². The molecule has 1 aromatic rings. The van der Waals surface area contributed by atoms with Crippen LogP contribution in [0, 0.1) is 23.2 Å². The molecule has 0 aromatic heterocycles. The van der Waals surface area contributed by atoms with Crippen LogP contribution < -0.4 is 0 Å².